The number of nitrogens with one attached hydrogen (secondary N) is 1. The summed E-state index contributed by atoms with van der Waals surface area (Å²) in [7, 11) is -4.14. The lowest BCUT2D eigenvalue weighted by Gasteiger charge is -2.32. The minimum atomic E-state index is -4.14. The first-order chi connectivity index (χ1) is 19.0. The lowest BCUT2D eigenvalue weighted by Crippen LogP contribution is -2.52. The standard InChI is InChI=1S/C30H33BrClN3O4S/c1-21-10-16-28(17-11-21)40(38,39)35(27-9-5-6-25(32)18-27)20-29(36)34(19-23-12-14-24(31)15-13-23)22(2)30(37)33-26-7-3-4-8-26/h5-6,9-18,22,26H,3-4,7-8,19-20H2,1-2H3,(H,33,37)/t22-/m0/s1. The van der Waals surface area contributed by atoms with Crippen molar-refractivity contribution in [1.82, 2.24) is 10.2 Å². The Labute approximate surface area is 249 Å². The van der Waals surface area contributed by atoms with Gasteiger partial charge in [0.2, 0.25) is 11.8 Å². The molecule has 2 amide bonds. The van der Waals surface area contributed by atoms with Crippen LogP contribution in [0.1, 0.15) is 43.7 Å². The van der Waals surface area contributed by atoms with Crippen molar-refractivity contribution < 1.29 is 18.0 Å². The third-order valence-corrected chi connectivity index (χ3v) is 9.67. The summed E-state index contributed by atoms with van der Waals surface area (Å²) in [6.45, 7) is 3.18. The molecule has 1 N–H and O–H groups in total. The zero-order chi connectivity index (χ0) is 28.9. The van der Waals surface area contributed by atoms with Gasteiger partial charge in [-0.1, -0.05) is 76.3 Å². The fourth-order valence-corrected chi connectivity index (χ4v) is 6.61. The quantitative estimate of drug-likeness (QED) is 0.289. The predicted octanol–water partition coefficient (Wildman–Crippen LogP) is 6.08. The Balaban J connectivity index is 1.68. The van der Waals surface area contributed by atoms with E-state index in [2.05, 4.69) is 21.2 Å². The molecule has 0 heterocycles. The molecule has 1 atom stereocenters. The van der Waals surface area contributed by atoms with Crippen LogP contribution < -0.4 is 9.62 Å². The van der Waals surface area contributed by atoms with E-state index in [4.69, 9.17) is 11.6 Å². The Morgan fingerprint density at radius 3 is 2.30 bits per heavy atom. The number of nitrogens with zero attached hydrogens (tertiary/aromatic N) is 2. The van der Waals surface area contributed by atoms with Crippen molar-refractivity contribution in [3.05, 3.63) is 93.4 Å². The molecule has 10 heteroatoms. The number of rotatable bonds is 10. The van der Waals surface area contributed by atoms with E-state index in [-0.39, 0.29) is 29.1 Å². The molecule has 0 saturated heterocycles. The van der Waals surface area contributed by atoms with Gasteiger partial charge >= 0.3 is 0 Å². The molecule has 1 aliphatic rings. The maximum atomic E-state index is 14.0. The van der Waals surface area contributed by atoms with Gasteiger partial charge in [-0.25, -0.2) is 8.42 Å². The highest BCUT2D eigenvalue weighted by atomic mass is 79.9. The number of anilines is 1. The minimum absolute atomic E-state index is 0.0531. The molecule has 0 aromatic heterocycles. The van der Waals surface area contributed by atoms with Gasteiger partial charge in [0.05, 0.1) is 10.6 Å². The van der Waals surface area contributed by atoms with Gasteiger partial charge < -0.3 is 10.2 Å². The maximum Gasteiger partial charge on any atom is 0.264 e. The van der Waals surface area contributed by atoms with Gasteiger partial charge in [-0.3, -0.25) is 13.9 Å². The number of amides is 2. The molecule has 0 spiro atoms. The van der Waals surface area contributed by atoms with Gasteiger partial charge in [-0.2, -0.15) is 0 Å². The molecule has 3 aromatic carbocycles. The average Bonchev–Trinajstić information content (AvgIpc) is 3.44. The fraction of sp³-hybridized carbons (Fsp3) is 0.333. The first-order valence-corrected chi connectivity index (χ1v) is 15.8. The highest BCUT2D eigenvalue weighted by molar-refractivity contribution is 9.10. The molecule has 0 unspecified atom stereocenters. The molecule has 1 fully saturated rings. The summed E-state index contributed by atoms with van der Waals surface area (Å²) in [6, 6.07) is 19.6. The SMILES string of the molecule is Cc1ccc(S(=O)(=O)N(CC(=O)N(Cc2ccc(Br)cc2)[C@@H](C)C(=O)NC2CCCC2)c2cccc(Cl)c2)cc1. The number of hydrogen-bond donors (Lipinski definition) is 1. The van der Waals surface area contributed by atoms with Crippen molar-refractivity contribution in [2.75, 3.05) is 10.8 Å². The average molecular weight is 647 g/mol. The fourth-order valence-electron chi connectivity index (χ4n) is 4.76. The summed E-state index contributed by atoms with van der Waals surface area (Å²) in [5, 5.41) is 3.41. The Morgan fingerprint density at radius 1 is 1.02 bits per heavy atom. The second-order valence-corrected chi connectivity index (χ2v) is 13.3. The normalized spacial score (nSPS) is 14.5. The van der Waals surface area contributed by atoms with Gasteiger partial charge in [-0.15, -0.1) is 0 Å². The third kappa shape index (κ3) is 7.44. The summed E-state index contributed by atoms with van der Waals surface area (Å²) in [6.07, 6.45) is 3.95. The van der Waals surface area contributed by atoms with E-state index in [1.54, 1.807) is 37.3 Å². The number of carbonyl (C=O) groups excluding carboxylic acids is 2. The van der Waals surface area contributed by atoms with Crippen molar-refractivity contribution in [2.45, 2.75) is 63.1 Å². The Bertz CT molecular complexity index is 1440. The number of halogens is 2. The van der Waals surface area contributed by atoms with Crippen molar-refractivity contribution in [1.29, 1.82) is 0 Å². The molecule has 0 bridgehead atoms. The molecular formula is C30H33BrClN3O4S. The molecule has 0 aliphatic heterocycles. The highest BCUT2D eigenvalue weighted by Gasteiger charge is 2.33. The largest absolute Gasteiger partial charge is 0.352 e. The molecule has 4 rings (SSSR count). The van der Waals surface area contributed by atoms with Crippen molar-refractivity contribution in [3.63, 3.8) is 0 Å². The van der Waals surface area contributed by atoms with Crippen LogP contribution in [-0.4, -0.2) is 43.8 Å². The predicted molar refractivity (Wildman–Crippen MR) is 162 cm³/mol. The third-order valence-electron chi connectivity index (χ3n) is 7.12. The summed E-state index contributed by atoms with van der Waals surface area (Å²) in [5.41, 5.74) is 1.98. The van der Waals surface area contributed by atoms with Gasteiger partial charge in [0.25, 0.3) is 10.0 Å². The van der Waals surface area contributed by atoms with E-state index in [0.717, 1.165) is 45.6 Å². The minimum Gasteiger partial charge on any atom is -0.352 e. The molecule has 212 valence electrons. The first kappa shape index (κ1) is 30.1. The molecular weight excluding hydrogens is 614 g/mol. The lowest BCUT2D eigenvalue weighted by molar-refractivity contribution is -0.139. The van der Waals surface area contributed by atoms with Crippen molar-refractivity contribution in [2.24, 2.45) is 0 Å². The Hall–Kier alpha value is -2.88. The summed E-state index contributed by atoms with van der Waals surface area (Å²) < 4.78 is 29.7. The van der Waals surface area contributed by atoms with Gasteiger partial charge in [0.1, 0.15) is 12.6 Å². The summed E-state index contributed by atoms with van der Waals surface area (Å²) in [5.74, 6) is -0.763. The van der Waals surface area contributed by atoms with Crippen LogP contribution in [0.15, 0.2) is 82.2 Å². The maximum absolute atomic E-state index is 14.0. The van der Waals surface area contributed by atoms with Crippen molar-refractivity contribution >= 4 is 55.1 Å². The van der Waals surface area contributed by atoms with Crippen LogP contribution in [0.4, 0.5) is 5.69 Å². The smallest absolute Gasteiger partial charge is 0.264 e. The van der Waals surface area contributed by atoms with Crippen LogP contribution in [-0.2, 0) is 26.2 Å². The van der Waals surface area contributed by atoms with Crippen LogP contribution in [0.5, 0.6) is 0 Å². The molecule has 1 aliphatic carbocycles. The van der Waals surface area contributed by atoms with Crippen LogP contribution in [0.25, 0.3) is 0 Å². The second-order valence-electron chi connectivity index (χ2n) is 10.1. The number of benzene rings is 3. The first-order valence-electron chi connectivity index (χ1n) is 13.2. The number of aryl methyl sites for hydroxylation is 1. The van der Waals surface area contributed by atoms with Crippen molar-refractivity contribution in [3.8, 4) is 0 Å². The van der Waals surface area contributed by atoms with E-state index in [1.165, 1.54) is 23.1 Å². The molecule has 3 aromatic rings. The van der Waals surface area contributed by atoms with E-state index in [1.807, 2.05) is 31.2 Å². The van der Waals surface area contributed by atoms with Crippen LogP contribution >= 0.6 is 27.5 Å². The zero-order valence-corrected chi connectivity index (χ0v) is 25.7. The monoisotopic (exact) mass is 645 g/mol. The highest BCUT2D eigenvalue weighted by Crippen LogP contribution is 2.27. The van der Waals surface area contributed by atoms with Crippen LogP contribution in [0.2, 0.25) is 5.02 Å². The molecule has 40 heavy (non-hydrogen) atoms. The van der Waals surface area contributed by atoms with E-state index in [0.29, 0.717) is 5.02 Å². The topological polar surface area (TPSA) is 86.8 Å². The van der Waals surface area contributed by atoms with E-state index < -0.39 is 28.5 Å². The number of sulfonamides is 1. The Kier molecular flexibility index (Phi) is 9.92. The molecule has 0 radical (unpaired) electrons. The van der Waals surface area contributed by atoms with Gasteiger partial charge in [-0.05, 0) is 74.7 Å². The molecule has 1 saturated carbocycles. The summed E-state index contributed by atoms with van der Waals surface area (Å²) in [4.78, 5) is 28.8. The number of hydrogen-bond acceptors (Lipinski definition) is 4. The van der Waals surface area contributed by atoms with E-state index in [9.17, 15) is 18.0 Å². The van der Waals surface area contributed by atoms with Gasteiger partial charge in [0, 0.05) is 22.1 Å². The van der Waals surface area contributed by atoms with Crippen LogP contribution in [0, 0.1) is 6.92 Å². The van der Waals surface area contributed by atoms with E-state index >= 15 is 0 Å². The molecule has 7 nitrogen and oxygen atoms in total. The Morgan fingerprint density at radius 2 is 1.68 bits per heavy atom. The summed E-state index contributed by atoms with van der Waals surface area (Å²) >= 11 is 9.65. The van der Waals surface area contributed by atoms with Gasteiger partial charge in [0.15, 0.2) is 0 Å². The zero-order valence-electron chi connectivity index (χ0n) is 22.5. The number of carbonyl (C=O) groups is 2. The van der Waals surface area contributed by atoms with Crippen LogP contribution in [0.3, 0.4) is 0 Å². The second kappa shape index (κ2) is 13.2. The lowest BCUT2D eigenvalue weighted by atomic mass is 10.1.